The van der Waals surface area contributed by atoms with Gasteiger partial charge in [0.1, 0.15) is 0 Å². The highest BCUT2D eigenvalue weighted by Gasteiger charge is 2.21. The van der Waals surface area contributed by atoms with Crippen LogP contribution in [0.5, 0.6) is 0 Å². The van der Waals surface area contributed by atoms with E-state index in [1.807, 2.05) is 13.8 Å². The zero-order valence-electron chi connectivity index (χ0n) is 12.3. The SMILES string of the molecule is CC(C)n1c(=O)n(CC2CCOC2)c(=O)c2ncccc21. The van der Waals surface area contributed by atoms with Gasteiger partial charge in [0, 0.05) is 31.3 Å². The molecule has 1 aliphatic heterocycles. The summed E-state index contributed by atoms with van der Waals surface area (Å²) in [5.74, 6) is 0.220. The van der Waals surface area contributed by atoms with Crippen molar-refractivity contribution in [3.63, 3.8) is 0 Å². The molecule has 2 aromatic heterocycles. The fourth-order valence-corrected chi connectivity index (χ4v) is 2.85. The van der Waals surface area contributed by atoms with Crippen LogP contribution in [0.4, 0.5) is 0 Å². The lowest BCUT2D eigenvalue weighted by atomic mass is 10.1. The second-order valence-corrected chi connectivity index (χ2v) is 5.76. The van der Waals surface area contributed by atoms with Gasteiger partial charge in [-0.3, -0.25) is 13.9 Å². The van der Waals surface area contributed by atoms with Gasteiger partial charge in [0.15, 0.2) is 5.52 Å². The average molecular weight is 289 g/mol. The van der Waals surface area contributed by atoms with Crippen molar-refractivity contribution in [3.05, 3.63) is 39.2 Å². The molecule has 0 radical (unpaired) electrons. The smallest absolute Gasteiger partial charge is 0.331 e. The van der Waals surface area contributed by atoms with Crippen molar-refractivity contribution >= 4 is 11.0 Å². The number of pyridine rings is 1. The molecule has 6 heteroatoms. The summed E-state index contributed by atoms with van der Waals surface area (Å²) in [6.45, 7) is 5.57. The number of nitrogens with zero attached hydrogens (tertiary/aromatic N) is 3. The molecule has 1 fully saturated rings. The molecule has 0 aliphatic carbocycles. The van der Waals surface area contributed by atoms with Crippen LogP contribution in [0.3, 0.4) is 0 Å². The molecule has 21 heavy (non-hydrogen) atoms. The maximum atomic E-state index is 12.7. The van der Waals surface area contributed by atoms with Crippen molar-refractivity contribution in [1.29, 1.82) is 0 Å². The number of rotatable bonds is 3. The molecule has 6 nitrogen and oxygen atoms in total. The van der Waals surface area contributed by atoms with Gasteiger partial charge < -0.3 is 4.74 Å². The van der Waals surface area contributed by atoms with Crippen molar-refractivity contribution in [2.75, 3.05) is 13.2 Å². The van der Waals surface area contributed by atoms with Crippen LogP contribution in [0.25, 0.3) is 11.0 Å². The van der Waals surface area contributed by atoms with E-state index in [0.717, 1.165) is 6.42 Å². The van der Waals surface area contributed by atoms with Crippen LogP contribution in [0.15, 0.2) is 27.9 Å². The maximum absolute atomic E-state index is 12.7. The lowest BCUT2D eigenvalue weighted by Crippen LogP contribution is -2.42. The molecule has 1 unspecified atom stereocenters. The molecular weight excluding hydrogens is 270 g/mol. The fraction of sp³-hybridized carbons (Fsp3) is 0.533. The maximum Gasteiger partial charge on any atom is 0.331 e. The first-order valence-corrected chi connectivity index (χ1v) is 7.27. The predicted molar refractivity (Wildman–Crippen MR) is 79.6 cm³/mol. The molecule has 0 amide bonds. The van der Waals surface area contributed by atoms with E-state index < -0.39 is 0 Å². The number of fused-ring (bicyclic) bond motifs is 1. The summed E-state index contributed by atoms with van der Waals surface area (Å²) in [6, 6.07) is 3.49. The van der Waals surface area contributed by atoms with Gasteiger partial charge in [0.25, 0.3) is 5.56 Å². The fourth-order valence-electron chi connectivity index (χ4n) is 2.85. The molecule has 1 atom stereocenters. The molecule has 0 N–H and O–H groups in total. The topological polar surface area (TPSA) is 66.1 Å². The number of hydrogen-bond acceptors (Lipinski definition) is 4. The minimum atomic E-state index is -0.306. The molecule has 112 valence electrons. The Kier molecular flexibility index (Phi) is 3.63. The minimum Gasteiger partial charge on any atom is -0.381 e. The minimum absolute atomic E-state index is 0.0316. The quantitative estimate of drug-likeness (QED) is 0.851. The van der Waals surface area contributed by atoms with Gasteiger partial charge in [-0.1, -0.05) is 0 Å². The molecule has 1 aliphatic rings. The third-order valence-corrected chi connectivity index (χ3v) is 3.91. The summed E-state index contributed by atoms with van der Waals surface area (Å²) < 4.78 is 8.29. The molecule has 3 rings (SSSR count). The van der Waals surface area contributed by atoms with E-state index in [0.29, 0.717) is 30.8 Å². The van der Waals surface area contributed by atoms with Gasteiger partial charge in [-0.2, -0.15) is 0 Å². The Labute approximate surface area is 122 Å². The zero-order chi connectivity index (χ0) is 15.0. The van der Waals surface area contributed by atoms with E-state index in [1.165, 1.54) is 4.57 Å². The van der Waals surface area contributed by atoms with Crippen LogP contribution in [0, 0.1) is 5.92 Å². The summed E-state index contributed by atoms with van der Waals surface area (Å²) >= 11 is 0. The third kappa shape index (κ3) is 2.40. The van der Waals surface area contributed by atoms with Gasteiger partial charge in [-0.05, 0) is 32.4 Å². The Morgan fingerprint density at radius 3 is 2.90 bits per heavy atom. The third-order valence-electron chi connectivity index (χ3n) is 3.91. The second kappa shape index (κ2) is 5.44. The predicted octanol–water partition coefficient (Wildman–Crippen LogP) is 1.18. The van der Waals surface area contributed by atoms with Crippen molar-refractivity contribution in [2.24, 2.45) is 5.92 Å². The Balaban J connectivity index is 2.24. The highest BCUT2D eigenvalue weighted by atomic mass is 16.5. The zero-order valence-corrected chi connectivity index (χ0v) is 12.3. The van der Waals surface area contributed by atoms with E-state index in [-0.39, 0.29) is 23.2 Å². The van der Waals surface area contributed by atoms with Crippen LogP contribution in [0.2, 0.25) is 0 Å². The van der Waals surface area contributed by atoms with Crippen LogP contribution >= 0.6 is 0 Å². The lowest BCUT2D eigenvalue weighted by Gasteiger charge is -2.17. The van der Waals surface area contributed by atoms with E-state index in [4.69, 9.17) is 4.74 Å². The molecular formula is C15H19N3O3. The number of ether oxygens (including phenoxy) is 1. The van der Waals surface area contributed by atoms with Crippen LogP contribution < -0.4 is 11.2 Å². The van der Waals surface area contributed by atoms with Gasteiger partial charge >= 0.3 is 5.69 Å². The van der Waals surface area contributed by atoms with Crippen molar-refractivity contribution in [2.45, 2.75) is 32.9 Å². The molecule has 0 bridgehead atoms. The first-order chi connectivity index (χ1) is 10.1. The highest BCUT2D eigenvalue weighted by Crippen LogP contribution is 2.15. The Morgan fingerprint density at radius 2 is 2.24 bits per heavy atom. The standard InChI is InChI=1S/C15H19N3O3/c1-10(2)18-12-4-3-6-16-13(12)14(19)17(15(18)20)8-11-5-7-21-9-11/h3-4,6,10-11H,5,7-9H2,1-2H3. The second-order valence-electron chi connectivity index (χ2n) is 5.76. The summed E-state index contributed by atoms with van der Waals surface area (Å²) in [7, 11) is 0. The van der Waals surface area contributed by atoms with Crippen LogP contribution in [0.1, 0.15) is 26.3 Å². The summed E-state index contributed by atoms with van der Waals surface area (Å²) in [5.41, 5.74) is 0.382. The first kappa shape index (κ1) is 14.0. The Bertz CT molecular complexity index is 770. The summed E-state index contributed by atoms with van der Waals surface area (Å²) in [6.07, 6.45) is 2.47. The Morgan fingerprint density at radius 1 is 1.43 bits per heavy atom. The molecule has 0 spiro atoms. The molecule has 0 saturated carbocycles. The van der Waals surface area contributed by atoms with Gasteiger partial charge in [0.2, 0.25) is 0 Å². The normalized spacial score (nSPS) is 18.7. The van der Waals surface area contributed by atoms with Crippen molar-refractivity contribution < 1.29 is 4.74 Å². The van der Waals surface area contributed by atoms with Crippen LogP contribution in [-0.2, 0) is 11.3 Å². The summed E-state index contributed by atoms with van der Waals surface area (Å²) in [4.78, 5) is 29.4. The van der Waals surface area contributed by atoms with Gasteiger partial charge in [0.05, 0.1) is 12.1 Å². The largest absolute Gasteiger partial charge is 0.381 e. The molecule has 0 aromatic carbocycles. The number of hydrogen-bond donors (Lipinski definition) is 0. The van der Waals surface area contributed by atoms with Crippen molar-refractivity contribution in [1.82, 2.24) is 14.1 Å². The van der Waals surface area contributed by atoms with E-state index in [9.17, 15) is 9.59 Å². The van der Waals surface area contributed by atoms with Gasteiger partial charge in [-0.15, -0.1) is 0 Å². The van der Waals surface area contributed by atoms with E-state index in [2.05, 4.69) is 4.98 Å². The highest BCUT2D eigenvalue weighted by molar-refractivity contribution is 5.73. The first-order valence-electron chi connectivity index (χ1n) is 7.27. The van der Waals surface area contributed by atoms with Gasteiger partial charge in [-0.25, -0.2) is 9.78 Å². The molecule has 3 heterocycles. The molecule has 1 saturated heterocycles. The molecule has 2 aromatic rings. The summed E-state index contributed by atoms with van der Waals surface area (Å²) in [5, 5.41) is 0. The van der Waals surface area contributed by atoms with E-state index in [1.54, 1.807) is 22.9 Å². The monoisotopic (exact) mass is 289 g/mol. The Hall–Kier alpha value is -1.95. The average Bonchev–Trinajstić information content (AvgIpc) is 2.96. The van der Waals surface area contributed by atoms with Crippen LogP contribution in [-0.4, -0.2) is 27.3 Å². The number of aromatic nitrogens is 3. The van der Waals surface area contributed by atoms with E-state index >= 15 is 0 Å². The van der Waals surface area contributed by atoms with Crippen molar-refractivity contribution in [3.8, 4) is 0 Å². The lowest BCUT2D eigenvalue weighted by molar-refractivity contribution is 0.181.